The van der Waals surface area contributed by atoms with E-state index < -0.39 is 0 Å². The highest BCUT2D eigenvalue weighted by atomic mass is 35.5. The highest BCUT2D eigenvalue weighted by Crippen LogP contribution is 2.32. The predicted octanol–water partition coefficient (Wildman–Crippen LogP) is 4.31. The Labute approximate surface area is 127 Å². The molecule has 0 fully saturated rings. The Hall–Kier alpha value is -1.10. The summed E-state index contributed by atoms with van der Waals surface area (Å²) in [5.41, 5.74) is 6.89. The van der Waals surface area contributed by atoms with Gasteiger partial charge in [0.15, 0.2) is 0 Å². The van der Waals surface area contributed by atoms with Crippen molar-refractivity contribution in [3.63, 3.8) is 0 Å². The van der Waals surface area contributed by atoms with Gasteiger partial charge in [0.1, 0.15) is 10.8 Å². The molecular formula is C15H16ClFN2S. The van der Waals surface area contributed by atoms with Crippen LogP contribution in [0.15, 0.2) is 46.5 Å². The van der Waals surface area contributed by atoms with Gasteiger partial charge < -0.3 is 5.73 Å². The van der Waals surface area contributed by atoms with Gasteiger partial charge in [-0.05, 0) is 36.6 Å². The average Bonchev–Trinajstić information content (AvgIpc) is 2.44. The summed E-state index contributed by atoms with van der Waals surface area (Å²) in [5.74, 6) is -0.243. The molecule has 1 aromatic heterocycles. The van der Waals surface area contributed by atoms with Crippen LogP contribution in [0.1, 0.15) is 18.9 Å². The van der Waals surface area contributed by atoms with E-state index >= 15 is 0 Å². The Morgan fingerprint density at radius 3 is 2.80 bits per heavy atom. The fourth-order valence-electron chi connectivity index (χ4n) is 1.78. The second-order valence-corrected chi connectivity index (χ2v) is 5.98. The summed E-state index contributed by atoms with van der Waals surface area (Å²) in [5, 5.41) is 1.28. The third kappa shape index (κ3) is 3.95. The van der Waals surface area contributed by atoms with Crippen molar-refractivity contribution in [3.05, 3.63) is 52.9 Å². The molecule has 0 radical (unpaired) electrons. The zero-order valence-electron chi connectivity index (χ0n) is 11.1. The van der Waals surface area contributed by atoms with E-state index in [0.29, 0.717) is 21.4 Å². The average molecular weight is 311 g/mol. The van der Waals surface area contributed by atoms with E-state index in [0.717, 1.165) is 12.0 Å². The maximum absolute atomic E-state index is 14.1. The topological polar surface area (TPSA) is 38.9 Å². The van der Waals surface area contributed by atoms with E-state index in [1.807, 2.05) is 13.0 Å². The van der Waals surface area contributed by atoms with Crippen molar-refractivity contribution in [2.75, 3.05) is 0 Å². The van der Waals surface area contributed by atoms with Gasteiger partial charge in [-0.15, -0.1) is 0 Å². The molecule has 20 heavy (non-hydrogen) atoms. The van der Waals surface area contributed by atoms with E-state index in [9.17, 15) is 4.39 Å². The first kappa shape index (κ1) is 15.3. The summed E-state index contributed by atoms with van der Waals surface area (Å²) in [4.78, 5) is 4.78. The first-order valence-corrected chi connectivity index (χ1v) is 7.62. The van der Waals surface area contributed by atoms with Crippen LogP contribution in [0.2, 0.25) is 5.02 Å². The van der Waals surface area contributed by atoms with Gasteiger partial charge in [0, 0.05) is 12.2 Å². The molecule has 0 saturated carbocycles. The highest BCUT2D eigenvalue weighted by Gasteiger charge is 2.13. The van der Waals surface area contributed by atoms with E-state index in [-0.39, 0.29) is 11.9 Å². The molecule has 0 aliphatic carbocycles. The Bertz CT molecular complexity index is 575. The zero-order valence-corrected chi connectivity index (χ0v) is 12.7. The van der Waals surface area contributed by atoms with E-state index in [4.69, 9.17) is 17.3 Å². The van der Waals surface area contributed by atoms with Crippen LogP contribution in [0.5, 0.6) is 0 Å². The molecule has 106 valence electrons. The van der Waals surface area contributed by atoms with Gasteiger partial charge in [-0.1, -0.05) is 42.4 Å². The van der Waals surface area contributed by atoms with Crippen molar-refractivity contribution in [2.45, 2.75) is 35.7 Å². The molecule has 1 unspecified atom stereocenters. The fourth-order valence-corrected chi connectivity index (χ4v) is 2.79. The number of hydrogen-bond acceptors (Lipinski definition) is 3. The SMILES string of the molecule is CCC(N)Cc1cccc(F)c1Sc1ccc(Cl)cn1. The van der Waals surface area contributed by atoms with E-state index in [2.05, 4.69) is 4.98 Å². The second kappa shape index (κ2) is 7.07. The van der Waals surface area contributed by atoms with Crippen LogP contribution in [0.25, 0.3) is 0 Å². The summed E-state index contributed by atoms with van der Waals surface area (Å²) >= 11 is 7.10. The van der Waals surface area contributed by atoms with E-state index in [1.165, 1.54) is 17.8 Å². The number of rotatable bonds is 5. The van der Waals surface area contributed by atoms with Crippen molar-refractivity contribution >= 4 is 23.4 Å². The molecule has 0 bridgehead atoms. The van der Waals surface area contributed by atoms with Crippen molar-refractivity contribution in [2.24, 2.45) is 5.73 Å². The summed E-state index contributed by atoms with van der Waals surface area (Å²) in [7, 11) is 0. The Morgan fingerprint density at radius 1 is 1.35 bits per heavy atom. The van der Waals surface area contributed by atoms with Gasteiger partial charge in [0.25, 0.3) is 0 Å². The number of pyridine rings is 1. The van der Waals surface area contributed by atoms with Gasteiger partial charge in [0.05, 0.1) is 9.92 Å². The Morgan fingerprint density at radius 2 is 2.15 bits per heavy atom. The molecule has 2 aromatic rings. The molecule has 2 N–H and O–H groups in total. The minimum Gasteiger partial charge on any atom is -0.327 e. The summed E-state index contributed by atoms with van der Waals surface area (Å²) in [6.07, 6.45) is 3.08. The van der Waals surface area contributed by atoms with Crippen molar-refractivity contribution in [3.8, 4) is 0 Å². The van der Waals surface area contributed by atoms with Gasteiger partial charge in [0.2, 0.25) is 0 Å². The lowest BCUT2D eigenvalue weighted by Gasteiger charge is -2.13. The molecule has 1 heterocycles. The smallest absolute Gasteiger partial charge is 0.137 e. The van der Waals surface area contributed by atoms with Gasteiger partial charge in [-0.3, -0.25) is 0 Å². The van der Waals surface area contributed by atoms with Crippen molar-refractivity contribution in [1.29, 1.82) is 0 Å². The number of halogens is 2. The molecular weight excluding hydrogens is 295 g/mol. The molecule has 0 amide bonds. The predicted molar refractivity (Wildman–Crippen MR) is 81.7 cm³/mol. The maximum Gasteiger partial charge on any atom is 0.137 e. The lowest BCUT2D eigenvalue weighted by atomic mass is 10.0. The standard InChI is InChI=1S/C15H16ClFN2S/c1-2-12(18)8-10-4-3-5-13(17)15(10)20-14-7-6-11(16)9-19-14/h3-7,9,12H,2,8,18H2,1H3. The molecule has 0 aliphatic rings. The summed E-state index contributed by atoms with van der Waals surface area (Å²) < 4.78 is 14.1. The Balaban J connectivity index is 2.27. The van der Waals surface area contributed by atoms with Crippen LogP contribution in [0.4, 0.5) is 4.39 Å². The minimum atomic E-state index is -0.243. The molecule has 2 rings (SSSR count). The lowest BCUT2D eigenvalue weighted by Crippen LogP contribution is -2.21. The number of hydrogen-bond donors (Lipinski definition) is 1. The third-order valence-corrected chi connectivity index (χ3v) is 4.30. The molecule has 0 spiro atoms. The van der Waals surface area contributed by atoms with Gasteiger partial charge in [-0.25, -0.2) is 9.37 Å². The molecule has 2 nitrogen and oxygen atoms in total. The largest absolute Gasteiger partial charge is 0.327 e. The van der Waals surface area contributed by atoms with Crippen LogP contribution < -0.4 is 5.73 Å². The maximum atomic E-state index is 14.1. The zero-order chi connectivity index (χ0) is 14.5. The molecule has 0 saturated heterocycles. The lowest BCUT2D eigenvalue weighted by molar-refractivity contribution is 0.585. The molecule has 0 aliphatic heterocycles. The highest BCUT2D eigenvalue weighted by molar-refractivity contribution is 7.99. The monoisotopic (exact) mass is 310 g/mol. The number of benzene rings is 1. The summed E-state index contributed by atoms with van der Waals surface area (Å²) in [6.45, 7) is 2.03. The van der Waals surface area contributed by atoms with Crippen molar-refractivity contribution < 1.29 is 4.39 Å². The minimum absolute atomic E-state index is 0.0364. The van der Waals surface area contributed by atoms with Gasteiger partial charge in [-0.2, -0.15) is 0 Å². The van der Waals surface area contributed by atoms with Crippen LogP contribution in [-0.4, -0.2) is 11.0 Å². The molecule has 1 atom stereocenters. The number of nitrogens with two attached hydrogens (primary N) is 1. The van der Waals surface area contributed by atoms with Crippen LogP contribution in [0.3, 0.4) is 0 Å². The van der Waals surface area contributed by atoms with Crippen LogP contribution >= 0.6 is 23.4 Å². The van der Waals surface area contributed by atoms with E-state index in [1.54, 1.807) is 24.4 Å². The van der Waals surface area contributed by atoms with Crippen molar-refractivity contribution in [1.82, 2.24) is 4.98 Å². The molecule has 1 aromatic carbocycles. The van der Waals surface area contributed by atoms with Crippen LogP contribution in [0, 0.1) is 5.82 Å². The second-order valence-electron chi connectivity index (χ2n) is 4.52. The number of nitrogens with zero attached hydrogens (tertiary/aromatic N) is 1. The first-order valence-electron chi connectivity index (χ1n) is 6.42. The first-order chi connectivity index (χ1) is 9.60. The Kier molecular flexibility index (Phi) is 5.40. The molecule has 5 heteroatoms. The van der Waals surface area contributed by atoms with Crippen LogP contribution in [-0.2, 0) is 6.42 Å². The number of aromatic nitrogens is 1. The fraction of sp³-hybridized carbons (Fsp3) is 0.267. The van der Waals surface area contributed by atoms with Gasteiger partial charge >= 0.3 is 0 Å². The quantitative estimate of drug-likeness (QED) is 0.894. The summed E-state index contributed by atoms with van der Waals surface area (Å²) in [6, 6.07) is 8.65. The third-order valence-electron chi connectivity index (χ3n) is 2.96. The normalized spacial score (nSPS) is 12.4.